The summed E-state index contributed by atoms with van der Waals surface area (Å²) in [5.74, 6) is 0. The Labute approximate surface area is 44.3 Å². The second kappa shape index (κ2) is 8.85. The van der Waals surface area contributed by atoms with Crippen molar-refractivity contribution in [3.63, 3.8) is 0 Å². The summed E-state index contributed by atoms with van der Waals surface area (Å²) in [7, 11) is 0.194. The molecule has 5 heavy (non-hydrogen) atoms. The van der Waals surface area contributed by atoms with Gasteiger partial charge in [0.2, 0.25) is 0 Å². The molecular formula is HBNO2W. The number of hydrogen-bond acceptors (Lipinski definition) is 3. The van der Waals surface area contributed by atoms with Gasteiger partial charge in [0.1, 0.15) is 0 Å². The molecule has 0 heterocycles. The Kier molecular flexibility index (Phi) is 15.9. The van der Waals surface area contributed by atoms with Crippen LogP contribution < -0.4 is 0 Å². The van der Waals surface area contributed by atoms with Gasteiger partial charge in [-0.05, 0) is 0 Å². The summed E-state index contributed by atoms with van der Waals surface area (Å²) < 4.78 is 0. The van der Waals surface area contributed by atoms with Gasteiger partial charge in [0.05, 0.1) is 0 Å². The van der Waals surface area contributed by atoms with Gasteiger partial charge in [-0.2, -0.15) is 4.91 Å². The van der Waals surface area contributed by atoms with Crippen LogP contribution in [0.3, 0.4) is 0 Å². The van der Waals surface area contributed by atoms with E-state index in [1.54, 1.807) is 0 Å². The maximum atomic E-state index is 8.62. The molecule has 0 spiro atoms. The van der Waals surface area contributed by atoms with Crippen molar-refractivity contribution in [2.24, 2.45) is 5.09 Å². The summed E-state index contributed by atoms with van der Waals surface area (Å²) in [4.78, 5) is 8.62. The predicted molar refractivity (Wildman–Crippen MR) is 13.8 cm³/mol. The molecule has 0 atom stereocenters. The molecule has 0 rings (SSSR count). The summed E-state index contributed by atoms with van der Waals surface area (Å²) in [6.07, 6.45) is 0. The van der Waals surface area contributed by atoms with Gasteiger partial charge < -0.3 is 5.02 Å². The summed E-state index contributed by atoms with van der Waals surface area (Å²) in [6, 6.07) is 0. The van der Waals surface area contributed by atoms with Crippen LogP contribution >= 0.6 is 0 Å². The first-order chi connectivity index (χ1) is 1.91. The van der Waals surface area contributed by atoms with Crippen molar-refractivity contribution in [2.75, 3.05) is 0 Å². The van der Waals surface area contributed by atoms with Crippen molar-refractivity contribution in [3.05, 3.63) is 4.91 Å². The zero-order valence-corrected chi connectivity index (χ0v) is 5.22. The van der Waals surface area contributed by atoms with Gasteiger partial charge in [0.15, 0.2) is 0 Å². The molecule has 0 aliphatic rings. The molecule has 0 saturated heterocycles. The summed E-state index contributed by atoms with van der Waals surface area (Å²) >= 11 is 0. The minimum absolute atomic E-state index is 0. The molecule has 0 aromatic heterocycles. The Morgan fingerprint density at radius 2 is 2.00 bits per heavy atom. The van der Waals surface area contributed by atoms with Crippen LogP contribution in [0.25, 0.3) is 0 Å². The van der Waals surface area contributed by atoms with Gasteiger partial charge >= 0.3 is 7.62 Å². The Hall–Kier alpha value is 0.313. The second-order valence-electron chi connectivity index (χ2n) is 0.221. The number of rotatable bonds is 1. The SMILES string of the molecule is O=N[B]O.[W]. The van der Waals surface area contributed by atoms with Gasteiger partial charge in [0, 0.05) is 21.1 Å². The van der Waals surface area contributed by atoms with Crippen LogP contribution in [-0.2, 0) is 21.1 Å². The maximum absolute atomic E-state index is 8.62. The first-order valence-electron chi connectivity index (χ1n) is 0.699. The smallest absolute Gasteiger partial charge is 0.431 e. The molecule has 0 aliphatic carbocycles. The van der Waals surface area contributed by atoms with Gasteiger partial charge in [-0.1, -0.05) is 0 Å². The molecule has 27 valence electrons. The Morgan fingerprint density at radius 3 is 2.00 bits per heavy atom. The molecule has 1 N–H and O–H groups in total. The molecule has 0 aromatic rings. The van der Waals surface area contributed by atoms with Crippen molar-refractivity contribution in [1.29, 1.82) is 0 Å². The van der Waals surface area contributed by atoms with E-state index >= 15 is 0 Å². The standard InChI is InChI=1S/BHNO2.W/c3-1-2-4;/h3H;. The Morgan fingerprint density at radius 1 is 1.80 bits per heavy atom. The van der Waals surface area contributed by atoms with Crippen molar-refractivity contribution in [3.8, 4) is 0 Å². The average molecular weight is 242 g/mol. The monoisotopic (exact) mass is 242 g/mol. The summed E-state index contributed by atoms with van der Waals surface area (Å²) in [5, 5.41) is 9.19. The third-order valence-corrected chi connectivity index (χ3v) is 0.0471. The number of nitroso groups, excluding NO2 is 1. The van der Waals surface area contributed by atoms with E-state index in [9.17, 15) is 0 Å². The quantitative estimate of drug-likeness (QED) is 0.487. The van der Waals surface area contributed by atoms with Crippen molar-refractivity contribution in [2.45, 2.75) is 0 Å². The third kappa shape index (κ3) is 13.4. The minimum Gasteiger partial charge on any atom is -0.431 e. The van der Waals surface area contributed by atoms with E-state index in [0.29, 0.717) is 0 Å². The predicted octanol–water partition coefficient (Wildman–Crippen LogP) is -0.723. The van der Waals surface area contributed by atoms with Crippen LogP contribution in [0.2, 0.25) is 0 Å². The maximum Gasteiger partial charge on any atom is 0.512 e. The number of hydrogen-bond donors (Lipinski definition) is 1. The van der Waals surface area contributed by atoms with E-state index < -0.39 is 0 Å². The van der Waals surface area contributed by atoms with E-state index in [0.717, 1.165) is 0 Å². The molecule has 0 amide bonds. The van der Waals surface area contributed by atoms with Crippen molar-refractivity contribution in [1.82, 2.24) is 0 Å². The van der Waals surface area contributed by atoms with E-state index in [4.69, 9.17) is 9.93 Å². The first-order valence-corrected chi connectivity index (χ1v) is 0.699. The van der Waals surface area contributed by atoms with Crippen LogP contribution in [0.5, 0.6) is 0 Å². The van der Waals surface area contributed by atoms with Crippen molar-refractivity contribution < 1.29 is 26.1 Å². The van der Waals surface area contributed by atoms with Gasteiger partial charge in [-0.15, -0.1) is 5.09 Å². The molecule has 0 aromatic carbocycles. The van der Waals surface area contributed by atoms with Crippen molar-refractivity contribution >= 4 is 7.62 Å². The van der Waals surface area contributed by atoms with Crippen LogP contribution in [0, 0.1) is 4.91 Å². The zero-order valence-electron chi connectivity index (χ0n) is 2.29. The molecule has 5 heteroatoms. The minimum atomic E-state index is 0. The molecule has 0 saturated carbocycles. The first kappa shape index (κ1) is 9.00. The molecule has 0 bridgehead atoms. The van der Waals surface area contributed by atoms with Crippen LogP contribution in [0.1, 0.15) is 0 Å². The van der Waals surface area contributed by atoms with E-state index in [-0.39, 0.29) is 28.7 Å². The molecule has 3 nitrogen and oxygen atoms in total. The van der Waals surface area contributed by atoms with Gasteiger partial charge in [-0.3, -0.25) is 0 Å². The van der Waals surface area contributed by atoms with E-state index in [1.807, 2.05) is 5.09 Å². The normalized spacial score (nSPS) is 4.20. The van der Waals surface area contributed by atoms with Gasteiger partial charge in [0.25, 0.3) is 0 Å². The zero-order chi connectivity index (χ0) is 3.41. The molecule has 0 fully saturated rings. The van der Waals surface area contributed by atoms with Gasteiger partial charge in [-0.25, -0.2) is 0 Å². The molecular weight excluding hydrogens is 241 g/mol. The van der Waals surface area contributed by atoms with Crippen LogP contribution in [0.4, 0.5) is 0 Å². The van der Waals surface area contributed by atoms with E-state index in [1.165, 1.54) is 0 Å². The Balaban J connectivity index is 0. The average Bonchev–Trinajstić information content (AvgIpc) is 1.37. The largest absolute Gasteiger partial charge is 0.512 e. The van der Waals surface area contributed by atoms with Crippen LogP contribution in [0.15, 0.2) is 5.09 Å². The summed E-state index contributed by atoms with van der Waals surface area (Å²) in [6.45, 7) is 0. The van der Waals surface area contributed by atoms with Crippen LogP contribution in [-0.4, -0.2) is 12.6 Å². The Bertz CT molecular complexity index is 23.6. The topological polar surface area (TPSA) is 49.7 Å². The fourth-order valence-corrected chi connectivity index (χ4v) is 0. The fourth-order valence-electron chi connectivity index (χ4n) is 0. The fraction of sp³-hybridized carbons (Fsp3) is 0. The number of nitrogens with zero attached hydrogens (tertiary/aromatic N) is 1. The molecule has 0 unspecified atom stereocenters. The summed E-state index contributed by atoms with van der Waals surface area (Å²) in [5.41, 5.74) is 0. The molecule has 0 aliphatic heterocycles. The molecule has 1 radical (unpaired) electrons. The second-order valence-corrected chi connectivity index (χ2v) is 0.221. The van der Waals surface area contributed by atoms with E-state index in [2.05, 4.69) is 0 Å². The third-order valence-electron chi connectivity index (χ3n) is 0.0471.